The quantitative estimate of drug-likeness (QED) is 0.829. The maximum Gasteiger partial charge on any atom is 0.220 e. The number of rotatable bonds is 6. The summed E-state index contributed by atoms with van der Waals surface area (Å²) < 4.78 is 0. The summed E-state index contributed by atoms with van der Waals surface area (Å²) in [4.78, 5) is 12.0. The molecule has 1 heterocycles. The molecule has 2 rings (SSSR count). The van der Waals surface area contributed by atoms with Crippen LogP contribution < -0.4 is 10.6 Å². The molecular weight excluding hydrogens is 319 g/mol. The highest BCUT2D eigenvalue weighted by Gasteiger charge is 2.21. The Morgan fingerprint density at radius 2 is 2.14 bits per heavy atom. The fourth-order valence-electron chi connectivity index (χ4n) is 2.98. The molecular formula is C17H26Cl2N2O. The number of halogens is 2. The van der Waals surface area contributed by atoms with Gasteiger partial charge in [0, 0.05) is 18.0 Å². The van der Waals surface area contributed by atoms with Crippen LogP contribution in [0.15, 0.2) is 24.3 Å². The Morgan fingerprint density at radius 1 is 1.41 bits per heavy atom. The molecule has 1 saturated heterocycles. The van der Waals surface area contributed by atoms with Gasteiger partial charge in [-0.15, -0.1) is 12.4 Å². The molecule has 0 saturated carbocycles. The zero-order valence-corrected chi connectivity index (χ0v) is 14.7. The fraction of sp³-hybridized carbons (Fsp3) is 0.588. The van der Waals surface area contributed by atoms with E-state index in [1.54, 1.807) is 0 Å². The second-order valence-electron chi connectivity index (χ2n) is 6.00. The minimum atomic E-state index is 0. The Balaban J connectivity index is 0.00000242. The molecule has 1 unspecified atom stereocenters. The zero-order chi connectivity index (χ0) is 15.1. The van der Waals surface area contributed by atoms with E-state index in [-0.39, 0.29) is 18.3 Å². The monoisotopic (exact) mass is 344 g/mol. The molecule has 0 radical (unpaired) electrons. The summed E-state index contributed by atoms with van der Waals surface area (Å²) in [6.45, 7) is 5.06. The van der Waals surface area contributed by atoms with Crippen LogP contribution in [0.25, 0.3) is 0 Å². The van der Waals surface area contributed by atoms with Crippen LogP contribution in [0, 0.1) is 11.8 Å². The molecule has 1 aromatic carbocycles. The van der Waals surface area contributed by atoms with E-state index in [0.29, 0.717) is 24.8 Å². The summed E-state index contributed by atoms with van der Waals surface area (Å²) in [6, 6.07) is 7.80. The van der Waals surface area contributed by atoms with Crippen molar-refractivity contribution in [3.05, 3.63) is 34.9 Å². The molecule has 0 aromatic heterocycles. The lowest BCUT2D eigenvalue weighted by atomic mass is 9.84. The minimum absolute atomic E-state index is 0. The molecule has 1 aliphatic heterocycles. The van der Waals surface area contributed by atoms with Gasteiger partial charge in [-0.05, 0) is 61.9 Å². The third-order valence-corrected chi connectivity index (χ3v) is 4.56. The summed E-state index contributed by atoms with van der Waals surface area (Å²) >= 11 is 5.95. The van der Waals surface area contributed by atoms with Crippen molar-refractivity contribution in [2.45, 2.75) is 32.6 Å². The fourth-order valence-corrected chi connectivity index (χ4v) is 3.20. The first kappa shape index (κ1) is 19.3. The maximum absolute atomic E-state index is 12.0. The third-order valence-electron chi connectivity index (χ3n) is 4.32. The molecule has 1 aliphatic rings. The van der Waals surface area contributed by atoms with Gasteiger partial charge in [0.05, 0.1) is 0 Å². The highest BCUT2D eigenvalue weighted by molar-refractivity contribution is 6.30. The molecule has 3 nitrogen and oxygen atoms in total. The Kier molecular flexibility index (Phi) is 8.84. The standard InChI is InChI=1S/C17H25ClN2O.ClH/c1-13(15-6-8-19-9-7-15)11-17(21)20-10-5-14-3-2-4-16(18)12-14;/h2-4,12-13,15,19H,5-11H2,1H3,(H,20,21);1H. The SMILES string of the molecule is CC(CC(=O)NCCc1cccc(Cl)c1)C1CCNCC1.Cl. The van der Waals surface area contributed by atoms with E-state index in [4.69, 9.17) is 11.6 Å². The normalized spacial score (nSPS) is 16.6. The second-order valence-corrected chi connectivity index (χ2v) is 6.44. The van der Waals surface area contributed by atoms with Gasteiger partial charge >= 0.3 is 0 Å². The van der Waals surface area contributed by atoms with E-state index < -0.39 is 0 Å². The van der Waals surface area contributed by atoms with E-state index in [9.17, 15) is 4.79 Å². The van der Waals surface area contributed by atoms with Gasteiger partial charge in [-0.3, -0.25) is 4.79 Å². The van der Waals surface area contributed by atoms with E-state index >= 15 is 0 Å². The Bertz CT molecular complexity index is 462. The lowest BCUT2D eigenvalue weighted by Crippen LogP contribution is -2.34. The van der Waals surface area contributed by atoms with E-state index in [1.165, 1.54) is 12.8 Å². The molecule has 22 heavy (non-hydrogen) atoms. The highest BCUT2D eigenvalue weighted by Crippen LogP contribution is 2.24. The van der Waals surface area contributed by atoms with Crippen molar-refractivity contribution in [3.8, 4) is 0 Å². The second kappa shape index (κ2) is 10.1. The van der Waals surface area contributed by atoms with Crippen LogP contribution in [0.3, 0.4) is 0 Å². The van der Waals surface area contributed by atoms with Gasteiger partial charge in [-0.2, -0.15) is 0 Å². The molecule has 1 fully saturated rings. The van der Waals surface area contributed by atoms with Crippen LogP contribution in [0.5, 0.6) is 0 Å². The summed E-state index contributed by atoms with van der Waals surface area (Å²) in [5.41, 5.74) is 1.16. The predicted molar refractivity (Wildman–Crippen MR) is 94.8 cm³/mol. The maximum atomic E-state index is 12.0. The number of benzene rings is 1. The van der Waals surface area contributed by atoms with Crippen molar-refractivity contribution in [3.63, 3.8) is 0 Å². The van der Waals surface area contributed by atoms with Crippen LogP contribution in [0.4, 0.5) is 0 Å². The molecule has 0 bridgehead atoms. The first-order valence-corrected chi connectivity index (χ1v) is 8.25. The molecule has 0 spiro atoms. The number of piperidine rings is 1. The Hall–Kier alpha value is -0.770. The van der Waals surface area contributed by atoms with Gasteiger partial charge in [-0.1, -0.05) is 30.7 Å². The smallest absolute Gasteiger partial charge is 0.220 e. The van der Waals surface area contributed by atoms with Crippen molar-refractivity contribution in [2.75, 3.05) is 19.6 Å². The van der Waals surface area contributed by atoms with Crippen LogP contribution in [0.1, 0.15) is 31.7 Å². The first-order valence-electron chi connectivity index (χ1n) is 7.87. The Morgan fingerprint density at radius 3 is 2.82 bits per heavy atom. The largest absolute Gasteiger partial charge is 0.356 e. The third kappa shape index (κ3) is 6.55. The van der Waals surface area contributed by atoms with Crippen LogP contribution >= 0.6 is 24.0 Å². The molecule has 124 valence electrons. The lowest BCUT2D eigenvalue weighted by Gasteiger charge is -2.27. The van der Waals surface area contributed by atoms with Gasteiger partial charge in [0.1, 0.15) is 0 Å². The van der Waals surface area contributed by atoms with Gasteiger partial charge in [0.25, 0.3) is 0 Å². The van der Waals surface area contributed by atoms with Crippen LogP contribution in [0.2, 0.25) is 5.02 Å². The van der Waals surface area contributed by atoms with Gasteiger partial charge in [0.15, 0.2) is 0 Å². The lowest BCUT2D eigenvalue weighted by molar-refractivity contribution is -0.122. The van der Waals surface area contributed by atoms with Gasteiger partial charge in [-0.25, -0.2) is 0 Å². The molecule has 1 aromatic rings. The molecule has 1 atom stereocenters. The van der Waals surface area contributed by atoms with Crippen LogP contribution in [-0.4, -0.2) is 25.5 Å². The van der Waals surface area contributed by atoms with E-state index in [1.807, 2.05) is 24.3 Å². The van der Waals surface area contributed by atoms with Crippen molar-refractivity contribution < 1.29 is 4.79 Å². The summed E-state index contributed by atoms with van der Waals surface area (Å²) in [7, 11) is 0. The van der Waals surface area contributed by atoms with Gasteiger partial charge in [0.2, 0.25) is 5.91 Å². The average molecular weight is 345 g/mol. The van der Waals surface area contributed by atoms with E-state index in [2.05, 4.69) is 17.6 Å². The van der Waals surface area contributed by atoms with Gasteiger partial charge < -0.3 is 10.6 Å². The topological polar surface area (TPSA) is 41.1 Å². The summed E-state index contributed by atoms with van der Waals surface area (Å²) in [5.74, 6) is 1.33. The minimum Gasteiger partial charge on any atom is -0.356 e. The van der Waals surface area contributed by atoms with Crippen LogP contribution in [-0.2, 0) is 11.2 Å². The first-order chi connectivity index (χ1) is 10.1. The van der Waals surface area contributed by atoms with Crippen molar-refractivity contribution in [1.82, 2.24) is 10.6 Å². The predicted octanol–water partition coefficient (Wildman–Crippen LogP) is 3.45. The highest BCUT2D eigenvalue weighted by atomic mass is 35.5. The summed E-state index contributed by atoms with van der Waals surface area (Å²) in [6.07, 6.45) is 3.85. The Labute approximate surface area is 144 Å². The molecule has 2 N–H and O–H groups in total. The molecule has 0 aliphatic carbocycles. The molecule has 1 amide bonds. The number of carbonyl (C=O) groups is 1. The number of hydrogen-bond acceptors (Lipinski definition) is 2. The average Bonchev–Trinajstić information content (AvgIpc) is 2.48. The van der Waals surface area contributed by atoms with Crippen molar-refractivity contribution in [2.24, 2.45) is 11.8 Å². The number of carbonyl (C=O) groups excluding carboxylic acids is 1. The van der Waals surface area contributed by atoms with Crippen molar-refractivity contribution >= 4 is 29.9 Å². The van der Waals surface area contributed by atoms with E-state index in [0.717, 1.165) is 30.1 Å². The zero-order valence-electron chi connectivity index (χ0n) is 13.1. The number of nitrogens with one attached hydrogen (secondary N) is 2. The summed E-state index contributed by atoms with van der Waals surface area (Å²) in [5, 5.41) is 7.14. The number of hydrogen-bond donors (Lipinski definition) is 2. The van der Waals surface area contributed by atoms with Crippen molar-refractivity contribution in [1.29, 1.82) is 0 Å². The molecule has 5 heteroatoms. The number of amides is 1.